The molecule has 0 bridgehead atoms. The Bertz CT molecular complexity index is 748. The molecule has 126 valence electrons. The summed E-state index contributed by atoms with van der Waals surface area (Å²) < 4.78 is 11.5. The third kappa shape index (κ3) is 4.28. The van der Waals surface area contributed by atoms with Gasteiger partial charge in [-0.3, -0.25) is 0 Å². The minimum atomic E-state index is 0.259. The van der Waals surface area contributed by atoms with Crippen molar-refractivity contribution in [3.8, 4) is 5.75 Å². The summed E-state index contributed by atoms with van der Waals surface area (Å²) in [6.45, 7) is 1.45. The Labute approximate surface area is 149 Å². The van der Waals surface area contributed by atoms with Crippen LogP contribution in [0.3, 0.4) is 0 Å². The smallest absolute Gasteiger partial charge is 0.126 e. The second kappa shape index (κ2) is 7.54. The lowest BCUT2D eigenvalue weighted by Crippen LogP contribution is -2.08. The summed E-state index contributed by atoms with van der Waals surface area (Å²) >= 11 is 0. The molecule has 0 saturated carbocycles. The molecule has 1 aliphatic rings. The van der Waals surface area contributed by atoms with Crippen molar-refractivity contribution in [2.45, 2.75) is 18.9 Å². The third-order valence-electron chi connectivity index (χ3n) is 4.47. The standard InChI is InChI=1S/C23H22O2/c1-3-8-18(9-4-1)14-20-12-7-13-21(15-19-10-5-2-6-11-19)23(20)25-17-22-16-24-22/h1-13,22H,14-17H2. The minimum absolute atomic E-state index is 0.259. The zero-order valence-corrected chi connectivity index (χ0v) is 14.2. The van der Waals surface area contributed by atoms with E-state index < -0.39 is 0 Å². The van der Waals surface area contributed by atoms with Gasteiger partial charge in [-0.15, -0.1) is 0 Å². The number of para-hydroxylation sites is 1. The summed E-state index contributed by atoms with van der Waals surface area (Å²) in [6.07, 6.45) is 2.02. The monoisotopic (exact) mass is 330 g/mol. The fourth-order valence-electron chi connectivity index (χ4n) is 3.07. The molecule has 1 saturated heterocycles. The molecule has 0 radical (unpaired) electrons. The second-order valence-electron chi connectivity index (χ2n) is 6.50. The Hall–Kier alpha value is -2.58. The fraction of sp³-hybridized carbons (Fsp3) is 0.217. The van der Waals surface area contributed by atoms with Gasteiger partial charge >= 0.3 is 0 Å². The quantitative estimate of drug-likeness (QED) is 0.588. The largest absolute Gasteiger partial charge is 0.490 e. The molecule has 0 amide bonds. The molecule has 2 heteroatoms. The maximum Gasteiger partial charge on any atom is 0.126 e. The van der Waals surface area contributed by atoms with Gasteiger partial charge in [0.1, 0.15) is 18.5 Å². The summed E-state index contributed by atoms with van der Waals surface area (Å²) in [5.74, 6) is 1.02. The highest BCUT2D eigenvalue weighted by molar-refractivity contribution is 5.46. The highest BCUT2D eigenvalue weighted by Crippen LogP contribution is 2.29. The molecule has 1 unspecified atom stereocenters. The predicted octanol–water partition coefficient (Wildman–Crippen LogP) is 4.65. The first-order valence-electron chi connectivity index (χ1n) is 8.81. The Morgan fingerprint density at radius 2 is 1.24 bits per heavy atom. The van der Waals surface area contributed by atoms with Crippen LogP contribution in [0.4, 0.5) is 0 Å². The normalized spacial score (nSPS) is 15.8. The van der Waals surface area contributed by atoms with Crippen molar-refractivity contribution in [3.63, 3.8) is 0 Å². The molecule has 2 nitrogen and oxygen atoms in total. The summed E-state index contributed by atoms with van der Waals surface area (Å²) in [7, 11) is 0. The van der Waals surface area contributed by atoms with Gasteiger partial charge in [-0.2, -0.15) is 0 Å². The van der Waals surface area contributed by atoms with Crippen LogP contribution in [0, 0.1) is 0 Å². The molecule has 1 heterocycles. The van der Waals surface area contributed by atoms with Crippen molar-refractivity contribution in [1.29, 1.82) is 0 Å². The molecular formula is C23H22O2. The molecule has 25 heavy (non-hydrogen) atoms. The van der Waals surface area contributed by atoms with Crippen molar-refractivity contribution in [2.24, 2.45) is 0 Å². The lowest BCUT2D eigenvalue weighted by Gasteiger charge is -2.16. The lowest BCUT2D eigenvalue weighted by atomic mass is 9.97. The summed E-state index contributed by atoms with van der Waals surface area (Å²) in [5, 5.41) is 0. The highest BCUT2D eigenvalue weighted by atomic mass is 16.6. The van der Waals surface area contributed by atoms with Crippen LogP contribution in [-0.4, -0.2) is 19.3 Å². The van der Waals surface area contributed by atoms with Crippen LogP contribution in [0.1, 0.15) is 22.3 Å². The Morgan fingerprint density at radius 3 is 1.72 bits per heavy atom. The summed E-state index contributed by atoms with van der Waals surface area (Å²) in [4.78, 5) is 0. The fourth-order valence-corrected chi connectivity index (χ4v) is 3.07. The zero-order chi connectivity index (χ0) is 16.9. The average Bonchev–Trinajstić information content (AvgIpc) is 3.47. The van der Waals surface area contributed by atoms with Gasteiger partial charge in [-0.25, -0.2) is 0 Å². The molecule has 0 N–H and O–H groups in total. The molecule has 3 aromatic carbocycles. The molecule has 0 aromatic heterocycles. The van der Waals surface area contributed by atoms with Gasteiger partial charge in [0, 0.05) is 12.8 Å². The number of ether oxygens (including phenoxy) is 2. The number of epoxide rings is 1. The van der Waals surface area contributed by atoms with Crippen LogP contribution >= 0.6 is 0 Å². The van der Waals surface area contributed by atoms with E-state index in [2.05, 4.69) is 78.9 Å². The SMILES string of the molecule is c1ccc(Cc2cccc(Cc3ccccc3)c2OCC2CO2)cc1. The van der Waals surface area contributed by atoms with Crippen LogP contribution in [0.15, 0.2) is 78.9 Å². The van der Waals surface area contributed by atoms with Crippen molar-refractivity contribution in [2.75, 3.05) is 13.2 Å². The maximum atomic E-state index is 6.21. The van der Waals surface area contributed by atoms with Crippen LogP contribution in [0.25, 0.3) is 0 Å². The minimum Gasteiger partial charge on any atom is -0.490 e. The van der Waals surface area contributed by atoms with E-state index in [-0.39, 0.29) is 6.10 Å². The molecule has 3 aromatic rings. The molecule has 1 atom stereocenters. The first kappa shape index (κ1) is 15.9. The van der Waals surface area contributed by atoms with E-state index in [1.54, 1.807) is 0 Å². The average molecular weight is 330 g/mol. The second-order valence-corrected chi connectivity index (χ2v) is 6.50. The summed E-state index contributed by atoms with van der Waals surface area (Å²) in [5.41, 5.74) is 5.07. The van der Waals surface area contributed by atoms with Crippen LogP contribution in [0.5, 0.6) is 5.75 Å². The van der Waals surface area contributed by atoms with E-state index >= 15 is 0 Å². The van der Waals surface area contributed by atoms with E-state index in [0.29, 0.717) is 6.61 Å². The van der Waals surface area contributed by atoms with Gasteiger partial charge in [-0.05, 0) is 22.3 Å². The highest BCUT2D eigenvalue weighted by Gasteiger charge is 2.24. The first-order chi connectivity index (χ1) is 12.4. The van der Waals surface area contributed by atoms with Gasteiger partial charge in [0.2, 0.25) is 0 Å². The van der Waals surface area contributed by atoms with E-state index in [9.17, 15) is 0 Å². The van der Waals surface area contributed by atoms with Crippen molar-refractivity contribution >= 4 is 0 Å². The van der Waals surface area contributed by atoms with Crippen LogP contribution < -0.4 is 4.74 Å². The molecular weight excluding hydrogens is 308 g/mol. The number of rotatable bonds is 7. The zero-order valence-electron chi connectivity index (χ0n) is 14.2. The van der Waals surface area contributed by atoms with Gasteiger partial charge in [0.15, 0.2) is 0 Å². The lowest BCUT2D eigenvalue weighted by molar-refractivity contribution is 0.259. The van der Waals surface area contributed by atoms with Crippen LogP contribution in [-0.2, 0) is 17.6 Å². The third-order valence-corrected chi connectivity index (χ3v) is 4.47. The van der Waals surface area contributed by atoms with Crippen molar-refractivity contribution in [3.05, 3.63) is 101 Å². The maximum absolute atomic E-state index is 6.21. The molecule has 1 aliphatic heterocycles. The summed E-state index contributed by atoms with van der Waals surface area (Å²) in [6, 6.07) is 27.6. The van der Waals surface area contributed by atoms with E-state index in [0.717, 1.165) is 25.2 Å². The first-order valence-corrected chi connectivity index (χ1v) is 8.81. The predicted molar refractivity (Wildman–Crippen MR) is 100 cm³/mol. The van der Waals surface area contributed by atoms with Gasteiger partial charge in [-0.1, -0.05) is 78.9 Å². The molecule has 1 fully saturated rings. The van der Waals surface area contributed by atoms with Crippen LogP contribution in [0.2, 0.25) is 0 Å². The van der Waals surface area contributed by atoms with E-state index in [4.69, 9.17) is 9.47 Å². The number of hydrogen-bond acceptors (Lipinski definition) is 2. The van der Waals surface area contributed by atoms with E-state index in [1.807, 2.05) is 0 Å². The topological polar surface area (TPSA) is 21.8 Å². The van der Waals surface area contributed by atoms with Gasteiger partial charge < -0.3 is 9.47 Å². The Kier molecular flexibility index (Phi) is 4.80. The van der Waals surface area contributed by atoms with Crippen molar-refractivity contribution in [1.82, 2.24) is 0 Å². The number of hydrogen-bond donors (Lipinski definition) is 0. The molecule has 4 rings (SSSR count). The Balaban J connectivity index is 1.63. The number of benzene rings is 3. The van der Waals surface area contributed by atoms with E-state index in [1.165, 1.54) is 22.3 Å². The van der Waals surface area contributed by atoms with Gasteiger partial charge in [0.25, 0.3) is 0 Å². The molecule has 0 aliphatic carbocycles. The van der Waals surface area contributed by atoms with Crippen molar-refractivity contribution < 1.29 is 9.47 Å². The Morgan fingerprint density at radius 1 is 0.720 bits per heavy atom. The molecule has 0 spiro atoms. The van der Waals surface area contributed by atoms with Gasteiger partial charge in [0.05, 0.1) is 6.61 Å².